The van der Waals surface area contributed by atoms with E-state index in [1.165, 1.54) is 0 Å². The summed E-state index contributed by atoms with van der Waals surface area (Å²) in [5, 5.41) is 7.72. The Morgan fingerprint density at radius 2 is 2.46 bits per heavy atom. The predicted molar refractivity (Wildman–Crippen MR) is 58.1 cm³/mol. The van der Waals surface area contributed by atoms with Gasteiger partial charge in [0.15, 0.2) is 4.34 Å². The average Bonchev–Trinajstić information content (AvgIpc) is 2.65. The van der Waals surface area contributed by atoms with Gasteiger partial charge in [0.2, 0.25) is 0 Å². The molecule has 0 aliphatic heterocycles. The summed E-state index contributed by atoms with van der Waals surface area (Å²) in [6, 6.07) is 0.263. The maximum Gasteiger partial charge on any atom is 0.174 e. The molecule has 1 aromatic heterocycles. The standard InChI is InChI=1S/C8H15N3S2/c1-3-6(2)7(9)4-12-8-11-10-5-13-8/h5-7H,3-4,9H2,1-2H3. The highest BCUT2D eigenvalue weighted by Crippen LogP contribution is 2.21. The van der Waals surface area contributed by atoms with E-state index in [-0.39, 0.29) is 6.04 Å². The van der Waals surface area contributed by atoms with E-state index in [2.05, 4.69) is 24.0 Å². The van der Waals surface area contributed by atoms with E-state index in [9.17, 15) is 0 Å². The van der Waals surface area contributed by atoms with Crippen molar-refractivity contribution in [3.63, 3.8) is 0 Å². The Morgan fingerprint density at radius 3 is 3.00 bits per heavy atom. The SMILES string of the molecule is CCC(C)C(N)CSc1nncs1. The molecule has 0 radical (unpaired) electrons. The number of hydrogen-bond donors (Lipinski definition) is 1. The van der Waals surface area contributed by atoms with Crippen LogP contribution in [0.3, 0.4) is 0 Å². The minimum Gasteiger partial charge on any atom is -0.327 e. The van der Waals surface area contributed by atoms with Crippen LogP contribution < -0.4 is 5.73 Å². The molecule has 0 bridgehead atoms. The third-order valence-corrected chi connectivity index (χ3v) is 4.12. The Hall–Kier alpha value is -0.130. The Labute approximate surface area is 87.1 Å². The van der Waals surface area contributed by atoms with Crippen LogP contribution in [0.25, 0.3) is 0 Å². The second kappa shape index (κ2) is 5.57. The zero-order chi connectivity index (χ0) is 9.68. The molecule has 0 saturated heterocycles. The average molecular weight is 217 g/mol. The van der Waals surface area contributed by atoms with Crippen molar-refractivity contribution in [2.24, 2.45) is 11.7 Å². The molecule has 2 unspecified atom stereocenters. The molecule has 0 aromatic carbocycles. The van der Waals surface area contributed by atoms with Crippen molar-refractivity contribution in [2.45, 2.75) is 30.6 Å². The van der Waals surface area contributed by atoms with E-state index in [1.807, 2.05) is 0 Å². The van der Waals surface area contributed by atoms with Gasteiger partial charge in [0.1, 0.15) is 5.51 Å². The summed E-state index contributed by atoms with van der Waals surface area (Å²) in [4.78, 5) is 0. The Balaban J connectivity index is 2.26. The second-order valence-corrected chi connectivity index (χ2v) is 5.17. The summed E-state index contributed by atoms with van der Waals surface area (Å²) in [5.74, 6) is 1.52. The van der Waals surface area contributed by atoms with Crippen molar-refractivity contribution in [3.8, 4) is 0 Å². The van der Waals surface area contributed by atoms with E-state index in [0.717, 1.165) is 16.5 Å². The number of hydrogen-bond acceptors (Lipinski definition) is 5. The van der Waals surface area contributed by atoms with Crippen molar-refractivity contribution < 1.29 is 0 Å². The van der Waals surface area contributed by atoms with Gasteiger partial charge in [-0.15, -0.1) is 10.2 Å². The molecule has 0 aliphatic carbocycles. The third-order valence-electron chi connectivity index (χ3n) is 2.11. The molecular formula is C8H15N3S2. The van der Waals surface area contributed by atoms with Gasteiger partial charge >= 0.3 is 0 Å². The zero-order valence-electron chi connectivity index (χ0n) is 7.93. The largest absolute Gasteiger partial charge is 0.327 e. The fraction of sp³-hybridized carbons (Fsp3) is 0.750. The van der Waals surface area contributed by atoms with Gasteiger partial charge in [-0.25, -0.2) is 0 Å². The summed E-state index contributed by atoms with van der Waals surface area (Å²) in [7, 11) is 0. The van der Waals surface area contributed by atoms with Crippen LogP contribution in [0.2, 0.25) is 0 Å². The molecule has 13 heavy (non-hydrogen) atoms. The monoisotopic (exact) mass is 217 g/mol. The number of rotatable bonds is 5. The van der Waals surface area contributed by atoms with Crippen LogP contribution in [0.5, 0.6) is 0 Å². The van der Waals surface area contributed by atoms with E-state index in [4.69, 9.17) is 5.73 Å². The summed E-state index contributed by atoms with van der Waals surface area (Å²) in [6.45, 7) is 4.35. The zero-order valence-corrected chi connectivity index (χ0v) is 9.57. The first-order chi connectivity index (χ1) is 6.24. The van der Waals surface area contributed by atoms with Crippen molar-refractivity contribution in [2.75, 3.05) is 5.75 Å². The number of nitrogens with two attached hydrogens (primary N) is 1. The quantitative estimate of drug-likeness (QED) is 0.767. The van der Waals surface area contributed by atoms with Gasteiger partial charge in [-0.1, -0.05) is 43.4 Å². The minimum absolute atomic E-state index is 0.263. The van der Waals surface area contributed by atoms with Crippen molar-refractivity contribution in [3.05, 3.63) is 5.51 Å². The summed E-state index contributed by atoms with van der Waals surface area (Å²) in [5.41, 5.74) is 7.73. The summed E-state index contributed by atoms with van der Waals surface area (Å²) >= 11 is 3.27. The van der Waals surface area contributed by atoms with Gasteiger partial charge in [0.25, 0.3) is 0 Å². The molecule has 0 amide bonds. The van der Waals surface area contributed by atoms with Gasteiger partial charge in [0, 0.05) is 11.8 Å². The first-order valence-electron chi connectivity index (χ1n) is 4.38. The molecular weight excluding hydrogens is 202 g/mol. The first-order valence-corrected chi connectivity index (χ1v) is 6.25. The van der Waals surface area contributed by atoms with Crippen molar-refractivity contribution in [1.29, 1.82) is 0 Å². The highest BCUT2D eigenvalue weighted by molar-refractivity contribution is 8.01. The van der Waals surface area contributed by atoms with Gasteiger partial charge in [-0.05, 0) is 5.92 Å². The van der Waals surface area contributed by atoms with E-state index in [0.29, 0.717) is 5.92 Å². The van der Waals surface area contributed by atoms with Gasteiger partial charge in [-0.3, -0.25) is 0 Å². The van der Waals surface area contributed by atoms with Crippen molar-refractivity contribution in [1.82, 2.24) is 10.2 Å². The fourth-order valence-corrected chi connectivity index (χ4v) is 2.51. The Morgan fingerprint density at radius 1 is 1.69 bits per heavy atom. The summed E-state index contributed by atoms with van der Waals surface area (Å²) < 4.78 is 1.01. The maximum atomic E-state index is 5.98. The number of nitrogens with zero attached hydrogens (tertiary/aromatic N) is 2. The molecule has 0 spiro atoms. The lowest BCUT2D eigenvalue weighted by Crippen LogP contribution is -2.30. The van der Waals surface area contributed by atoms with E-state index < -0.39 is 0 Å². The molecule has 1 heterocycles. The highest BCUT2D eigenvalue weighted by atomic mass is 32.2. The Bertz CT molecular complexity index is 225. The molecule has 5 heteroatoms. The van der Waals surface area contributed by atoms with Crippen LogP contribution in [0.15, 0.2) is 9.85 Å². The number of thioether (sulfide) groups is 1. The highest BCUT2D eigenvalue weighted by Gasteiger charge is 2.11. The van der Waals surface area contributed by atoms with Gasteiger partial charge in [-0.2, -0.15) is 0 Å². The summed E-state index contributed by atoms with van der Waals surface area (Å²) in [6.07, 6.45) is 1.14. The van der Waals surface area contributed by atoms with E-state index >= 15 is 0 Å². The van der Waals surface area contributed by atoms with Crippen molar-refractivity contribution >= 4 is 23.1 Å². The lowest BCUT2D eigenvalue weighted by Gasteiger charge is -2.16. The maximum absolute atomic E-state index is 5.98. The molecule has 1 rings (SSSR count). The lowest BCUT2D eigenvalue weighted by atomic mass is 10.0. The fourth-order valence-electron chi connectivity index (χ4n) is 0.860. The lowest BCUT2D eigenvalue weighted by molar-refractivity contribution is 0.475. The molecule has 0 fully saturated rings. The molecule has 2 N–H and O–H groups in total. The molecule has 0 aliphatic rings. The number of aromatic nitrogens is 2. The molecule has 2 atom stereocenters. The van der Waals surface area contributed by atoms with Gasteiger partial charge < -0.3 is 5.73 Å². The van der Waals surface area contributed by atoms with Crippen LogP contribution in [0.4, 0.5) is 0 Å². The van der Waals surface area contributed by atoms with Crippen LogP contribution in [-0.4, -0.2) is 22.0 Å². The predicted octanol–water partition coefficient (Wildman–Crippen LogP) is 2.00. The third kappa shape index (κ3) is 3.62. The van der Waals surface area contributed by atoms with Gasteiger partial charge in [0.05, 0.1) is 0 Å². The van der Waals surface area contributed by atoms with Crippen LogP contribution >= 0.6 is 23.1 Å². The Kier molecular flexibility index (Phi) is 4.69. The molecule has 3 nitrogen and oxygen atoms in total. The van der Waals surface area contributed by atoms with Crippen LogP contribution in [0.1, 0.15) is 20.3 Å². The first kappa shape index (κ1) is 10.9. The van der Waals surface area contributed by atoms with Crippen LogP contribution in [-0.2, 0) is 0 Å². The molecule has 1 aromatic rings. The molecule has 0 saturated carbocycles. The van der Waals surface area contributed by atoms with Crippen LogP contribution in [0, 0.1) is 5.92 Å². The second-order valence-electron chi connectivity index (χ2n) is 3.07. The van der Waals surface area contributed by atoms with E-state index in [1.54, 1.807) is 28.6 Å². The smallest absolute Gasteiger partial charge is 0.174 e. The molecule has 74 valence electrons. The topological polar surface area (TPSA) is 51.8 Å². The minimum atomic E-state index is 0.263. The normalized spacial score (nSPS) is 15.6.